The Morgan fingerprint density at radius 1 is 1.29 bits per heavy atom. The largest absolute Gasteiger partial charge is 0.427 e. The van der Waals surface area contributed by atoms with E-state index in [1.165, 1.54) is 5.56 Å². The van der Waals surface area contributed by atoms with Gasteiger partial charge in [-0.2, -0.15) is 0 Å². The van der Waals surface area contributed by atoms with Gasteiger partial charge < -0.3 is 9.76 Å². The summed E-state index contributed by atoms with van der Waals surface area (Å²) < 4.78 is 6.05. The number of hydrogen-bond acceptors (Lipinski definition) is 3. The van der Waals surface area contributed by atoms with Gasteiger partial charge in [0.15, 0.2) is 0 Å². The minimum atomic E-state index is -0.911. The van der Waals surface area contributed by atoms with Crippen molar-refractivity contribution >= 4 is 31.1 Å². The second-order valence-corrected chi connectivity index (χ2v) is 7.74. The standard InChI is InChI=1S/C20H31BO2S/c1-8-15(24)13-14(3)17-11-10-12-18(16(17)9-2)21-23-20(6,7)19(4,5)22/h10-13,21-22,24H,3,8-9H2,1-2,4-7H3/b15-13+. The third-order valence-electron chi connectivity index (χ3n) is 4.74. The van der Waals surface area contributed by atoms with E-state index in [1.807, 2.05) is 26.0 Å². The van der Waals surface area contributed by atoms with Crippen LogP contribution in [0, 0.1) is 0 Å². The molecule has 0 radical (unpaired) electrons. The van der Waals surface area contributed by atoms with Crippen molar-refractivity contribution in [2.45, 2.75) is 65.6 Å². The lowest BCUT2D eigenvalue weighted by atomic mass is 9.77. The van der Waals surface area contributed by atoms with E-state index >= 15 is 0 Å². The molecule has 0 heterocycles. The molecule has 0 saturated heterocycles. The van der Waals surface area contributed by atoms with Crippen molar-refractivity contribution < 1.29 is 9.76 Å². The minimum absolute atomic E-state index is 0.465. The fourth-order valence-corrected chi connectivity index (χ4v) is 2.46. The van der Waals surface area contributed by atoms with Crippen LogP contribution in [0.25, 0.3) is 5.57 Å². The second kappa shape index (κ2) is 8.42. The fraction of sp³-hybridized carbons (Fsp3) is 0.500. The Hall–Kier alpha value is -0.965. The molecule has 0 amide bonds. The number of benzene rings is 1. The van der Waals surface area contributed by atoms with Crippen LogP contribution in [0.3, 0.4) is 0 Å². The highest BCUT2D eigenvalue weighted by molar-refractivity contribution is 7.84. The van der Waals surface area contributed by atoms with Gasteiger partial charge in [-0.1, -0.05) is 38.6 Å². The Morgan fingerprint density at radius 2 is 1.92 bits per heavy atom. The fourth-order valence-electron chi connectivity index (χ4n) is 2.30. The second-order valence-electron chi connectivity index (χ2n) is 7.17. The molecule has 1 aromatic carbocycles. The summed E-state index contributed by atoms with van der Waals surface area (Å²) in [6.07, 6.45) is 3.83. The smallest absolute Gasteiger partial charge is 0.309 e. The summed E-state index contributed by atoms with van der Waals surface area (Å²) in [5, 5.41) is 10.3. The van der Waals surface area contributed by atoms with E-state index in [0.29, 0.717) is 7.48 Å². The zero-order chi connectivity index (χ0) is 18.5. The molecule has 2 nitrogen and oxygen atoms in total. The van der Waals surface area contributed by atoms with Crippen LogP contribution >= 0.6 is 12.6 Å². The van der Waals surface area contributed by atoms with Crippen molar-refractivity contribution in [3.8, 4) is 0 Å². The van der Waals surface area contributed by atoms with E-state index in [4.69, 9.17) is 4.65 Å². The van der Waals surface area contributed by atoms with E-state index < -0.39 is 11.2 Å². The van der Waals surface area contributed by atoms with Crippen LogP contribution < -0.4 is 5.46 Å². The van der Waals surface area contributed by atoms with Crippen molar-refractivity contribution in [2.24, 2.45) is 0 Å². The summed E-state index contributed by atoms with van der Waals surface area (Å²) in [6, 6.07) is 6.22. The third-order valence-corrected chi connectivity index (χ3v) is 5.18. The van der Waals surface area contributed by atoms with Crippen LogP contribution in [-0.2, 0) is 11.1 Å². The molecular formula is C20H31BO2S. The lowest BCUT2D eigenvalue weighted by Gasteiger charge is -2.37. The number of rotatable bonds is 8. The van der Waals surface area contributed by atoms with Crippen LogP contribution in [0.1, 0.15) is 59.1 Å². The maximum Gasteiger partial charge on any atom is 0.309 e. The minimum Gasteiger partial charge on any atom is -0.427 e. The van der Waals surface area contributed by atoms with Gasteiger partial charge in [-0.05, 0) is 73.7 Å². The van der Waals surface area contributed by atoms with Gasteiger partial charge >= 0.3 is 7.48 Å². The number of allylic oxidation sites excluding steroid dienone is 3. The predicted octanol–water partition coefficient (Wildman–Crippen LogP) is 4.03. The van der Waals surface area contributed by atoms with E-state index in [2.05, 4.69) is 45.2 Å². The normalized spacial score (nSPS) is 13.1. The van der Waals surface area contributed by atoms with Crippen molar-refractivity contribution in [3.63, 3.8) is 0 Å². The topological polar surface area (TPSA) is 29.5 Å². The molecule has 0 aromatic heterocycles. The first-order chi connectivity index (χ1) is 11.0. The first-order valence-corrected chi connectivity index (χ1v) is 9.04. The molecule has 0 fully saturated rings. The highest BCUT2D eigenvalue weighted by Crippen LogP contribution is 2.25. The molecule has 0 aliphatic rings. The first kappa shape index (κ1) is 21.1. The van der Waals surface area contributed by atoms with Crippen molar-refractivity contribution in [1.82, 2.24) is 0 Å². The molecule has 0 unspecified atom stereocenters. The Kier molecular flexibility index (Phi) is 7.39. The van der Waals surface area contributed by atoms with Gasteiger partial charge in [0.2, 0.25) is 0 Å². The van der Waals surface area contributed by atoms with Gasteiger partial charge in [0.05, 0.1) is 11.2 Å². The Morgan fingerprint density at radius 3 is 2.42 bits per heavy atom. The number of thiol groups is 1. The lowest BCUT2D eigenvalue weighted by Crippen LogP contribution is -2.49. The zero-order valence-electron chi connectivity index (χ0n) is 15.9. The average molecular weight is 346 g/mol. The molecule has 0 spiro atoms. The quantitative estimate of drug-likeness (QED) is 0.423. The lowest BCUT2D eigenvalue weighted by molar-refractivity contribution is -0.0893. The van der Waals surface area contributed by atoms with Gasteiger partial charge in [0.1, 0.15) is 0 Å². The van der Waals surface area contributed by atoms with Gasteiger partial charge in [0.25, 0.3) is 0 Å². The van der Waals surface area contributed by atoms with E-state index in [1.54, 1.807) is 13.8 Å². The van der Waals surface area contributed by atoms with Crippen LogP contribution in [0.2, 0.25) is 0 Å². The summed E-state index contributed by atoms with van der Waals surface area (Å²) in [4.78, 5) is 1.02. The highest BCUT2D eigenvalue weighted by atomic mass is 32.1. The summed E-state index contributed by atoms with van der Waals surface area (Å²) in [6.45, 7) is 15.8. The monoisotopic (exact) mass is 346 g/mol. The molecule has 0 atom stereocenters. The van der Waals surface area contributed by atoms with Crippen molar-refractivity contribution in [2.75, 3.05) is 0 Å². The molecule has 1 rings (SSSR count). The van der Waals surface area contributed by atoms with E-state index in [0.717, 1.165) is 34.3 Å². The molecule has 1 N–H and O–H groups in total. The average Bonchev–Trinajstić information content (AvgIpc) is 2.51. The summed E-state index contributed by atoms with van der Waals surface area (Å²) >= 11 is 4.47. The Labute approximate surface area is 153 Å². The predicted molar refractivity (Wildman–Crippen MR) is 110 cm³/mol. The molecule has 0 bridgehead atoms. The van der Waals surface area contributed by atoms with E-state index in [9.17, 15) is 5.11 Å². The molecule has 132 valence electrons. The molecule has 1 aromatic rings. The van der Waals surface area contributed by atoms with Gasteiger partial charge in [-0.15, -0.1) is 12.6 Å². The van der Waals surface area contributed by atoms with Crippen LogP contribution in [0.15, 0.2) is 35.8 Å². The molecule has 0 aliphatic carbocycles. The van der Waals surface area contributed by atoms with Gasteiger partial charge in [0, 0.05) is 0 Å². The number of hydrogen-bond donors (Lipinski definition) is 2. The Bertz CT molecular complexity index is 613. The van der Waals surface area contributed by atoms with Crippen molar-refractivity contribution in [1.29, 1.82) is 0 Å². The van der Waals surface area contributed by atoms with E-state index in [-0.39, 0.29) is 0 Å². The molecule has 0 aliphatic heterocycles. The van der Waals surface area contributed by atoms with Gasteiger partial charge in [-0.25, -0.2) is 0 Å². The van der Waals surface area contributed by atoms with Crippen LogP contribution in [-0.4, -0.2) is 23.8 Å². The Balaban J connectivity index is 3.11. The molecule has 24 heavy (non-hydrogen) atoms. The SMILES string of the molecule is C=C(/C=C(/S)CC)c1cccc(BOC(C)(C)C(C)(C)O)c1CC. The summed E-state index contributed by atoms with van der Waals surface area (Å²) in [5.41, 5.74) is 2.94. The molecular weight excluding hydrogens is 315 g/mol. The maximum absolute atomic E-state index is 10.3. The summed E-state index contributed by atoms with van der Waals surface area (Å²) in [5.74, 6) is 0. The highest BCUT2D eigenvalue weighted by Gasteiger charge is 2.35. The van der Waals surface area contributed by atoms with Crippen LogP contribution in [0.5, 0.6) is 0 Å². The molecule has 0 saturated carbocycles. The third kappa shape index (κ3) is 5.27. The first-order valence-electron chi connectivity index (χ1n) is 8.59. The summed E-state index contributed by atoms with van der Waals surface area (Å²) in [7, 11) is 0.465. The van der Waals surface area contributed by atoms with Gasteiger partial charge in [-0.3, -0.25) is 0 Å². The van der Waals surface area contributed by atoms with Crippen LogP contribution in [0.4, 0.5) is 0 Å². The number of aliphatic hydroxyl groups is 1. The zero-order valence-corrected chi connectivity index (χ0v) is 16.8. The molecule has 4 heteroatoms. The maximum atomic E-state index is 10.3. The van der Waals surface area contributed by atoms with Crippen molar-refractivity contribution in [3.05, 3.63) is 46.9 Å².